The molecule has 0 unspecified atom stereocenters. The van der Waals surface area contributed by atoms with E-state index in [1.54, 1.807) is 18.6 Å². The molecule has 3 aromatic carbocycles. The van der Waals surface area contributed by atoms with Crippen molar-refractivity contribution in [3.8, 4) is 28.7 Å². The van der Waals surface area contributed by atoms with E-state index < -0.39 is 0 Å². The summed E-state index contributed by atoms with van der Waals surface area (Å²) in [7, 11) is 0. The summed E-state index contributed by atoms with van der Waals surface area (Å²) in [4.78, 5) is 8.69. The van der Waals surface area contributed by atoms with Crippen LogP contribution in [0.4, 0.5) is 0 Å². The molecule has 0 saturated carbocycles. The summed E-state index contributed by atoms with van der Waals surface area (Å²) >= 11 is 0. The summed E-state index contributed by atoms with van der Waals surface area (Å²) < 4.78 is 7.98. The molecule has 0 saturated heterocycles. The third kappa shape index (κ3) is 3.15. The molecule has 32 heavy (non-hydrogen) atoms. The van der Waals surface area contributed by atoms with Crippen LogP contribution in [0.5, 0.6) is 11.6 Å². The second kappa shape index (κ2) is 7.59. The molecular formula is C26H17N5O. The van der Waals surface area contributed by atoms with Crippen molar-refractivity contribution in [1.29, 1.82) is 0 Å². The summed E-state index contributed by atoms with van der Waals surface area (Å²) in [5.41, 5.74) is 4.17. The van der Waals surface area contributed by atoms with Crippen molar-refractivity contribution in [3.05, 3.63) is 104 Å². The van der Waals surface area contributed by atoms with Crippen molar-refractivity contribution in [2.24, 2.45) is 0 Å². The minimum absolute atomic E-state index is 0.545. The average molecular weight is 415 g/mol. The Kier molecular flexibility index (Phi) is 4.32. The number of aromatic nitrogens is 5. The van der Waals surface area contributed by atoms with E-state index in [-0.39, 0.29) is 0 Å². The number of hydrogen-bond donors (Lipinski definition) is 0. The number of pyridine rings is 1. The molecule has 6 nitrogen and oxygen atoms in total. The van der Waals surface area contributed by atoms with Gasteiger partial charge in [-0.2, -0.15) is 5.10 Å². The van der Waals surface area contributed by atoms with Gasteiger partial charge in [-0.25, -0.2) is 9.97 Å². The van der Waals surface area contributed by atoms with Gasteiger partial charge < -0.3 is 4.74 Å². The molecule has 0 spiro atoms. The van der Waals surface area contributed by atoms with Crippen LogP contribution in [0.25, 0.3) is 38.9 Å². The van der Waals surface area contributed by atoms with E-state index in [0.717, 1.165) is 38.7 Å². The fourth-order valence-electron chi connectivity index (χ4n) is 3.98. The maximum Gasteiger partial charge on any atom is 0.254 e. The molecule has 0 aliphatic heterocycles. The van der Waals surface area contributed by atoms with Crippen LogP contribution in [-0.2, 0) is 0 Å². The highest BCUT2D eigenvalue weighted by molar-refractivity contribution is 6.09. The van der Waals surface area contributed by atoms with Gasteiger partial charge in [0.1, 0.15) is 5.75 Å². The second-order valence-corrected chi connectivity index (χ2v) is 7.33. The van der Waals surface area contributed by atoms with Crippen molar-refractivity contribution in [2.45, 2.75) is 0 Å². The summed E-state index contributed by atoms with van der Waals surface area (Å²) in [6.45, 7) is 0. The second-order valence-electron chi connectivity index (χ2n) is 7.33. The Morgan fingerprint density at radius 2 is 1.50 bits per heavy atom. The number of rotatable bonds is 4. The molecule has 0 atom stereocenters. The standard InChI is InChI=1S/C26H17N5O/c1-2-9-23-21(8-1)22-12-11-19(17-24(22)31(23)26-28-14-15-29-30-26)18-6-5-7-20(16-18)32-25-10-3-4-13-27-25/h1-17H. The monoisotopic (exact) mass is 415 g/mol. The smallest absolute Gasteiger partial charge is 0.254 e. The number of fused-ring (bicyclic) bond motifs is 3. The van der Waals surface area contributed by atoms with Crippen molar-refractivity contribution < 1.29 is 4.74 Å². The van der Waals surface area contributed by atoms with Crippen molar-refractivity contribution in [2.75, 3.05) is 0 Å². The van der Waals surface area contributed by atoms with Crippen LogP contribution in [0.1, 0.15) is 0 Å². The molecule has 0 fully saturated rings. The maximum atomic E-state index is 5.92. The largest absolute Gasteiger partial charge is 0.439 e. The Bertz CT molecular complexity index is 1550. The summed E-state index contributed by atoms with van der Waals surface area (Å²) in [6.07, 6.45) is 4.95. The summed E-state index contributed by atoms with van der Waals surface area (Å²) in [5.74, 6) is 1.84. The normalized spacial score (nSPS) is 11.1. The van der Waals surface area contributed by atoms with Gasteiger partial charge in [0.2, 0.25) is 5.88 Å². The van der Waals surface area contributed by atoms with Crippen molar-refractivity contribution >= 4 is 21.8 Å². The molecule has 6 heteroatoms. The van der Waals surface area contributed by atoms with E-state index in [1.165, 1.54) is 0 Å². The van der Waals surface area contributed by atoms with Gasteiger partial charge in [0.15, 0.2) is 0 Å². The van der Waals surface area contributed by atoms with E-state index >= 15 is 0 Å². The number of ether oxygens (including phenoxy) is 1. The molecule has 0 aliphatic carbocycles. The lowest BCUT2D eigenvalue weighted by Crippen LogP contribution is -2.01. The highest BCUT2D eigenvalue weighted by Gasteiger charge is 2.15. The van der Waals surface area contributed by atoms with Crippen LogP contribution >= 0.6 is 0 Å². The Morgan fingerprint density at radius 3 is 2.38 bits per heavy atom. The van der Waals surface area contributed by atoms with Crippen LogP contribution in [0.15, 0.2) is 104 Å². The van der Waals surface area contributed by atoms with E-state index in [1.807, 2.05) is 48.5 Å². The Morgan fingerprint density at radius 1 is 0.625 bits per heavy atom. The van der Waals surface area contributed by atoms with E-state index in [2.05, 4.69) is 61.1 Å². The lowest BCUT2D eigenvalue weighted by molar-refractivity contribution is 0.463. The van der Waals surface area contributed by atoms with Gasteiger partial charge in [-0.1, -0.05) is 48.5 Å². The zero-order valence-electron chi connectivity index (χ0n) is 17.0. The van der Waals surface area contributed by atoms with Gasteiger partial charge in [-0.15, -0.1) is 5.10 Å². The quantitative estimate of drug-likeness (QED) is 0.363. The molecule has 0 radical (unpaired) electrons. The Balaban J connectivity index is 1.50. The van der Waals surface area contributed by atoms with Gasteiger partial charge in [0, 0.05) is 23.0 Å². The highest BCUT2D eigenvalue weighted by atomic mass is 16.5. The third-order valence-electron chi connectivity index (χ3n) is 5.37. The fourth-order valence-corrected chi connectivity index (χ4v) is 3.98. The SMILES string of the molecule is c1ccc(Oc2cccc(-c3ccc4c5ccccc5n(-c5nccnn5)c4c3)c2)nc1. The van der Waals surface area contributed by atoms with Crippen LogP contribution < -0.4 is 4.74 Å². The first kappa shape index (κ1) is 18.2. The molecule has 3 aromatic heterocycles. The van der Waals surface area contributed by atoms with Crippen LogP contribution in [0, 0.1) is 0 Å². The number of para-hydroxylation sites is 1. The van der Waals surface area contributed by atoms with Gasteiger partial charge in [-0.3, -0.25) is 4.57 Å². The highest BCUT2D eigenvalue weighted by Crippen LogP contribution is 2.34. The molecule has 0 bridgehead atoms. The van der Waals surface area contributed by atoms with Crippen molar-refractivity contribution in [1.82, 2.24) is 24.7 Å². The molecule has 3 heterocycles. The van der Waals surface area contributed by atoms with Crippen molar-refractivity contribution in [3.63, 3.8) is 0 Å². The molecule has 6 aromatic rings. The molecule has 152 valence electrons. The van der Waals surface area contributed by atoms with E-state index in [4.69, 9.17) is 4.74 Å². The molecule has 6 rings (SSSR count). The molecule has 0 aliphatic rings. The van der Waals surface area contributed by atoms with Gasteiger partial charge in [0.05, 0.1) is 23.4 Å². The minimum Gasteiger partial charge on any atom is -0.439 e. The first-order valence-electron chi connectivity index (χ1n) is 10.2. The number of nitrogens with zero attached hydrogens (tertiary/aromatic N) is 5. The predicted octanol–water partition coefficient (Wildman–Crippen LogP) is 5.82. The average Bonchev–Trinajstić information content (AvgIpc) is 3.19. The fraction of sp³-hybridized carbons (Fsp3) is 0. The Labute approximate surface area is 183 Å². The summed E-state index contributed by atoms with van der Waals surface area (Å²) in [5, 5.41) is 10.6. The zero-order chi connectivity index (χ0) is 21.3. The number of hydrogen-bond acceptors (Lipinski definition) is 5. The van der Waals surface area contributed by atoms with Gasteiger partial charge in [-0.05, 0) is 41.5 Å². The van der Waals surface area contributed by atoms with E-state index in [9.17, 15) is 0 Å². The first-order valence-corrected chi connectivity index (χ1v) is 10.2. The van der Waals surface area contributed by atoms with Crippen LogP contribution in [0.2, 0.25) is 0 Å². The van der Waals surface area contributed by atoms with Crippen LogP contribution in [-0.4, -0.2) is 24.7 Å². The lowest BCUT2D eigenvalue weighted by atomic mass is 10.0. The summed E-state index contributed by atoms with van der Waals surface area (Å²) in [6, 6.07) is 28.3. The molecular weight excluding hydrogens is 398 g/mol. The predicted molar refractivity (Wildman–Crippen MR) is 124 cm³/mol. The topological polar surface area (TPSA) is 65.7 Å². The minimum atomic E-state index is 0.545. The third-order valence-corrected chi connectivity index (χ3v) is 5.37. The lowest BCUT2D eigenvalue weighted by Gasteiger charge is -2.08. The number of benzene rings is 3. The molecule has 0 amide bonds. The van der Waals surface area contributed by atoms with Gasteiger partial charge >= 0.3 is 0 Å². The first-order chi connectivity index (χ1) is 15.9. The molecule has 0 N–H and O–H groups in total. The van der Waals surface area contributed by atoms with Crippen LogP contribution in [0.3, 0.4) is 0 Å². The Hall–Kier alpha value is -4.58. The maximum absolute atomic E-state index is 5.92. The zero-order valence-corrected chi connectivity index (χ0v) is 17.0. The van der Waals surface area contributed by atoms with Gasteiger partial charge in [0.25, 0.3) is 5.95 Å². The van der Waals surface area contributed by atoms with E-state index in [0.29, 0.717) is 11.8 Å².